The molecule has 0 radical (unpaired) electrons. The third-order valence-corrected chi connectivity index (χ3v) is 4.40. The Morgan fingerprint density at radius 1 is 1.19 bits per heavy atom. The number of likely N-dealkylation sites (N-methyl/N-ethyl adjacent to an activating group) is 1. The number of aromatic nitrogens is 4. The van der Waals surface area contributed by atoms with E-state index in [2.05, 4.69) is 19.9 Å². The van der Waals surface area contributed by atoms with Gasteiger partial charge >= 0.3 is 0 Å². The van der Waals surface area contributed by atoms with Gasteiger partial charge < -0.3 is 9.88 Å². The van der Waals surface area contributed by atoms with Crippen molar-refractivity contribution in [2.45, 2.75) is 26.3 Å². The second-order valence-corrected chi connectivity index (χ2v) is 6.48. The van der Waals surface area contributed by atoms with E-state index in [1.165, 1.54) is 11.1 Å². The topological polar surface area (TPSA) is 91.8 Å². The van der Waals surface area contributed by atoms with E-state index in [1.54, 1.807) is 37.6 Å². The Hall–Kier alpha value is -3.35. The van der Waals surface area contributed by atoms with E-state index in [9.17, 15) is 9.59 Å². The minimum atomic E-state index is -0.483. The summed E-state index contributed by atoms with van der Waals surface area (Å²) in [6.45, 7) is 3.92. The predicted octanol–water partition coefficient (Wildman–Crippen LogP) is 2.24. The Morgan fingerprint density at radius 2 is 2.00 bits per heavy atom. The third-order valence-electron chi connectivity index (χ3n) is 4.40. The number of H-pyrrole nitrogens is 1. The predicted molar refractivity (Wildman–Crippen MR) is 102 cm³/mol. The molecule has 0 fully saturated rings. The number of pyridine rings is 2. The summed E-state index contributed by atoms with van der Waals surface area (Å²) in [5.74, 6) is -0.0479. The maximum atomic E-state index is 12.7. The molecule has 3 rings (SSSR count). The molecule has 0 saturated heterocycles. The molecule has 0 saturated carbocycles. The van der Waals surface area contributed by atoms with Gasteiger partial charge in [0, 0.05) is 43.8 Å². The van der Waals surface area contributed by atoms with Gasteiger partial charge in [0.15, 0.2) is 5.82 Å². The highest BCUT2D eigenvalue weighted by Gasteiger charge is 2.21. The number of nitrogens with one attached hydrogen (secondary N) is 1. The number of amides is 1. The fourth-order valence-corrected chi connectivity index (χ4v) is 2.72. The summed E-state index contributed by atoms with van der Waals surface area (Å²) in [6.07, 6.45) is 5.27. The second-order valence-electron chi connectivity index (χ2n) is 6.48. The van der Waals surface area contributed by atoms with Crippen molar-refractivity contribution in [3.8, 4) is 11.5 Å². The molecule has 138 valence electrons. The van der Waals surface area contributed by atoms with Gasteiger partial charge in [0.2, 0.25) is 0 Å². The number of hydrogen-bond acceptors (Lipinski definition) is 5. The van der Waals surface area contributed by atoms with Crippen molar-refractivity contribution in [3.05, 3.63) is 76.1 Å². The Balaban J connectivity index is 1.77. The molecule has 0 aliphatic rings. The van der Waals surface area contributed by atoms with Gasteiger partial charge in [-0.05, 0) is 43.7 Å². The summed E-state index contributed by atoms with van der Waals surface area (Å²) < 4.78 is 0. The Bertz CT molecular complexity index is 1000. The quantitative estimate of drug-likeness (QED) is 0.750. The Morgan fingerprint density at radius 3 is 2.67 bits per heavy atom. The van der Waals surface area contributed by atoms with E-state index >= 15 is 0 Å². The van der Waals surface area contributed by atoms with Gasteiger partial charge in [0.1, 0.15) is 11.3 Å². The van der Waals surface area contributed by atoms with E-state index in [1.807, 2.05) is 26.0 Å². The zero-order chi connectivity index (χ0) is 19.4. The SMILES string of the molecule is Cc1ccnc(CC(C)N(C)C(=O)c2cnc(-c3ccccn3)[nH]c2=O)c1. The smallest absolute Gasteiger partial charge is 0.264 e. The minimum absolute atomic E-state index is 0.00114. The maximum Gasteiger partial charge on any atom is 0.264 e. The molecule has 0 spiro atoms. The number of carbonyl (C=O) groups is 1. The van der Waals surface area contributed by atoms with E-state index in [4.69, 9.17) is 0 Å². The molecular formula is C20H21N5O2. The number of aryl methyl sites for hydroxylation is 1. The van der Waals surface area contributed by atoms with E-state index < -0.39 is 5.56 Å². The minimum Gasteiger partial charge on any atom is -0.338 e. The van der Waals surface area contributed by atoms with Crippen molar-refractivity contribution in [2.24, 2.45) is 0 Å². The average Bonchev–Trinajstić information content (AvgIpc) is 2.67. The van der Waals surface area contributed by atoms with Crippen LogP contribution < -0.4 is 5.56 Å². The lowest BCUT2D eigenvalue weighted by molar-refractivity contribution is 0.0740. The monoisotopic (exact) mass is 363 g/mol. The molecule has 1 amide bonds. The molecule has 7 nitrogen and oxygen atoms in total. The van der Waals surface area contributed by atoms with Crippen LogP contribution in [-0.2, 0) is 6.42 Å². The van der Waals surface area contributed by atoms with Crippen LogP contribution in [0.3, 0.4) is 0 Å². The van der Waals surface area contributed by atoms with Crippen molar-refractivity contribution < 1.29 is 4.79 Å². The summed E-state index contributed by atoms with van der Waals surface area (Å²) in [5, 5.41) is 0. The summed E-state index contributed by atoms with van der Waals surface area (Å²) in [5.41, 5.74) is 2.08. The van der Waals surface area contributed by atoms with Crippen LogP contribution in [0.15, 0.2) is 53.7 Å². The van der Waals surface area contributed by atoms with Crippen LogP contribution in [0.5, 0.6) is 0 Å². The largest absolute Gasteiger partial charge is 0.338 e. The average molecular weight is 363 g/mol. The fourth-order valence-electron chi connectivity index (χ4n) is 2.72. The normalized spacial score (nSPS) is 11.8. The number of carbonyl (C=O) groups excluding carboxylic acids is 1. The summed E-state index contributed by atoms with van der Waals surface area (Å²) in [6, 6.07) is 9.11. The number of aromatic amines is 1. The van der Waals surface area contributed by atoms with Crippen molar-refractivity contribution in [2.75, 3.05) is 7.05 Å². The van der Waals surface area contributed by atoms with Gasteiger partial charge in [-0.25, -0.2) is 4.98 Å². The summed E-state index contributed by atoms with van der Waals surface area (Å²) in [7, 11) is 1.68. The van der Waals surface area contributed by atoms with Crippen LogP contribution in [0, 0.1) is 6.92 Å². The summed E-state index contributed by atoms with van der Waals surface area (Å²) in [4.78, 5) is 42.0. The molecule has 3 heterocycles. The van der Waals surface area contributed by atoms with Crippen molar-refractivity contribution in [1.29, 1.82) is 0 Å². The molecule has 27 heavy (non-hydrogen) atoms. The molecule has 0 aromatic carbocycles. The Kier molecular flexibility index (Phi) is 5.40. The number of nitrogens with zero attached hydrogens (tertiary/aromatic N) is 4. The molecule has 1 unspecified atom stereocenters. The third kappa shape index (κ3) is 4.25. The molecule has 0 bridgehead atoms. The zero-order valence-electron chi connectivity index (χ0n) is 15.5. The highest BCUT2D eigenvalue weighted by molar-refractivity contribution is 5.93. The fraction of sp³-hybridized carbons (Fsp3) is 0.250. The highest BCUT2D eigenvalue weighted by Crippen LogP contribution is 2.11. The van der Waals surface area contributed by atoms with E-state index in [0.717, 1.165) is 11.3 Å². The highest BCUT2D eigenvalue weighted by atomic mass is 16.2. The summed E-state index contributed by atoms with van der Waals surface area (Å²) >= 11 is 0. The standard InChI is InChI=1S/C20H21N5O2/c1-13-7-9-21-15(10-13)11-14(2)25(3)20(27)16-12-23-18(24-19(16)26)17-6-4-5-8-22-17/h4-10,12,14H,11H2,1-3H3,(H,23,24,26). The Labute approximate surface area is 157 Å². The first-order valence-electron chi connectivity index (χ1n) is 8.65. The lowest BCUT2D eigenvalue weighted by atomic mass is 10.1. The van der Waals surface area contributed by atoms with Gasteiger partial charge in [-0.2, -0.15) is 0 Å². The van der Waals surface area contributed by atoms with Crippen molar-refractivity contribution in [3.63, 3.8) is 0 Å². The van der Waals surface area contributed by atoms with Crippen molar-refractivity contribution in [1.82, 2.24) is 24.8 Å². The zero-order valence-corrected chi connectivity index (χ0v) is 15.5. The molecule has 0 aliphatic heterocycles. The van der Waals surface area contributed by atoms with Gasteiger partial charge in [-0.3, -0.25) is 19.6 Å². The first-order valence-corrected chi connectivity index (χ1v) is 8.65. The van der Waals surface area contributed by atoms with Gasteiger partial charge in [0.05, 0.1) is 0 Å². The molecule has 3 aromatic heterocycles. The molecule has 0 aliphatic carbocycles. The second kappa shape index (κ2) is 7.90. The first kappa shape index (κ1) is 18.4. The first-order chi connectivity index (χ1) is 13.0. The molecule has 1 atom stereocenters. The van der Waals surface area contributed by atoms with Gasteiger partial charge in [0.25, 0.3) is 11.5 Å². The molecular weight excluding hydrogens is 342 g/mol. The number of rotatable bonds is 5. The van der Waals surface area contributed by atoms with Crippen LogP contribution in [-0.4, -0.2) is 43.8 Å². The van der Waals surface area contributed by atoms with E-state index in [0.29, 0.717) is 17.9 Å². The lowest BCUT2D eigenvalue weighted by Gasteiger charge is -2.24. The van der Waals surface area contributed by atoms with Crippen LogP contribution in [0.1, 0.15) is 28.5 Å². The molecule has 3 aromatic rings. The molecule has 1 N–H and O–H groups in total. The van der Waals surface area contributed by atoms with Crippen LogP contribution in [0.25, 0.3) is 11.5 Å². The van der Waals surface area contributed by atoms with Crippen molar-refractivity contribution >= 4 is 5.91 Å². The molecule has 7 heteroatoms. The lowest BCUT2D eigenvalue weighted by Crippen LogP contribution is -2.39. The maximum absolute atomic E-state index is 12.7. The van der Waals surface area contributed by atoms with E-state index in [-0.39, 0.29) is 17.5 Å². The van der Waals surface area contributed by atoms with Gasteiger partial charge in [-0.15, -0.1) is 0 Å². The van der Waals surface area contributed by atoms with Crippen LogP contribution in [0.2, 0.25) is 0 Å². The van der Waals surface area contributed by atoms with Gasteiger partial charge in [-0.1, -0.05) is 6.07 Å². The van der Waals surface area contributed by atoms with Crippen LogP contribution >= 0.6 is 0 Å². The van der Waals surface area contributed by atoms with Crippen LogP contribution in [0.4, 0.5) is 0 Å². The number of hydrogen-bond donors (Lipinski definition) is 1.